The largest absolute Gasteiger partial charge is 0.453 e. The van der Waals surface area contributed by atoms with Gasteiger partial charge in [-0.15, -0.1) is 0 Å². The number of imidazole rings is 1. The first-order chi connectivity index (χ1) is 15.5. The molecule has 0 aliphatic carbocycles. The first kappa shape index (κ1) is 21.6. The summed E-state index contributed by atoms with van der Waals surface area (Å²) in [5.74, 6) is -0.180. The third-order valence-corrected chi connectivity index (χ3v) is 6.36. The molecule has 0 spiro atoms. The summed E-state index contributed by atoms with van der Waals surface area (Å²) in [6, 6.07) is 7.52. The number of thiazole rings is 1. The Labute approximate surface area is 188 Å². The molecule has 3 N–H and O–H groups in total. The van der Waals surface area contributed by atoms with Crippen LogP contribution in [0, 0.1) is 0 Å². The van der Waals surface area contributed by atoms with Crippen molar-refractivity contribution in [3.05, 3.63) is 36.7 Å². The van der Waals surface area contributed by atoms with E-state index >= 15 is 0 Å². The number of methoxy groups -OCH3 is 1. The number of alkyl carbamates (subject to hydrolysis) is 1. The zero-order valence-corrected chi connectivity index (χ0v) is 18.6. The molecular weight excluding hydrogens is 432 g/mol. The fourth-order valence-electron chi connectivity index (χ4n) is 3.66. The normalized spacial score (nSPS) is 15.6. The standard InChI is InChI=1S/C21H24N6O4S/c1-22-14-7-5-13(6-8-14)16-11-26-12-17(25-20(26)32-16)24-19(29)15-4-3-9-27(15)18(28)10-23-21(30)31-2/h5-8,11-12,15,22H,3-4,9-10H2,1-2H3,(H,23,30)(H,24,29)/t15-/m0/s1. The Hall–Kier alpha value is -3.60. The number of ether oxygens (including phenoxy) is 1. The number of nitrogens with zero attached hydrogens (tertiary/aromatic N) is 3. The Morgan fingerprint density at radius 2 is 2.00 bits per heavy atom. The predicted molar refractivity (Wildman–Crippen MR) is 122 cm³/mol. The molecule has 3 amide bonds. The maximum atomic E-state index is 12.8. The van der Waals surface area contributed by atoms with Crippen LogP contribution in [-0.2, 0) is 14.3 Å². The van der Waals surface area contributed by atoms with Crippen LogP contribution >= 0.6 is 11.3 Å². The Morgan fingerprint density at radius 1 is 1.22 bits per heavy atom. The Balaban J connectivity index is 1.41. The molecule has 168 valence electrons. The average molecular weight is 457 g/mol. The number of rotatable bonds is 6. The van der Waals surface area contributed by atoms with E-state index in [1.54, 1.807) is 6.20 Å². The van der Waals surface area contributed by atoms with Gasteiger partial charge in [-0.2, -0.15) is 0 Å². The van der Waals surface area contributed by atoms with E-state index in [-0.39, 0.29) is 18.4 Å². The number of likely N-dealkylation sites (tertiary alicyclic amines) is 1. The van der Waals surface area contributed by atoms with Gasteiger partial charge in [0, 0.05) is 25.5 Å². The van der Waals surface area contributed by atoms with Crippen LogP contribution in [0.3, 0.4) is 0 Å². The van der Waals surface area contributed by atoms with E-state index < -0.39 is 12.1 Å². The van der Waals surface area contributed by atoms with Gasteiger partial charge in [0.25, 0.3) is 0 Å². The fourth-order valence-corrected chi connectivity index (χ4v) is 4.63. The number of nitrogens with one attached hydrogen (secondary N) is 3. The predicted octanol–water partition coefficient (Wildman–Crippen LogP) is 2.39. The van der Waals surface area contributed by atoms with Crippen molar-refractivity contribution in [2.24, 2.45) is 0 Å². The summed E-state index contributed by atoms with van der Waals surface area (Å²) in [6.07, 6.45) is 4.32. The summed E-state index contributed by atoms with van der Waals surface area (Å²) >= 11 is 1.52. The number of hydrogen-bond acceptors (Lipinski definition) is 7. The first-order valence-corrected chi connectivity index (χ1v) is 11.0. The molecule has 0 saturated carbocycles. The molecule has 0 radical (unpaired) electrons. The quantitative estimate of drug-likeness (QED) is 0.524. The molecule has 1 fully saturated rings. The summed E-state index contributed by atoms with van der Waals surface area (Å²) in [5, 5.41) is 8.27. The maximum Gasteiger partial charge on any atom is 0.407 e. The zero-order chi connectivity index (χ0) is 22.7. The third-order valence-electron chi connectivity index (χ3n) is 5.31. The van der Waals surface area contributed by atoms with Crippen LogP contribution in [0.2, 0.25) is 0 Å². The van der Waals surface area contributed by atoms with Gasteiger partial charge in [0.2, 0.25) is 11.8 Å². The molecule has 1 atom stereocenters. The van der Waals surface area contributed by atoms with Crippen LogP contribution in [-0.4, -0.2) is 65.5 Å². The van der Waals surface area contributed by atoms with E-state index in [2.05, 4.69) is 25.7 Å². The molecule has 2 aromatic heterocycles. The Kier molecular flexibility index (Phi) is 6.26. The molecular formula is C21H24N6O4S. The van der Waals surface area contributed by atoms with Crippen LogP contribution in [0.15, 0.2) is 36.7 Å². The van der Waals surface area contributed by atoms with Crippen LogP contribution in [0.5, 0.6) is 0 Å². The lowest BCUT2D eigenvalue weighted by molar-refractivity contribution is -0.135. The molecule has 32 heavy (non-hydrogen) atoms. The van der Waals surface area contributed by atoms with Crippen LogP contribution in [0.25, 0.3) is 15.4 Å². The smallest absolute Gasteiger partial charge is 0.407 e. The van der Waals surface area contributed by atoms with Crippen molar-refractivity contribution in [1.82, 2.24) is 19.6 Å². The lowest BCUT2D eigenvalue weighted by atomic mass is 10.2. The highest BCUT2D eigenvalue weighted by atomic mass is 32.1. The highest BCUT2D eigenvalue weighted by Gasteiger charge is 2.34. The molecule has 10 nitrogen and oxygen atoms in total. The van der Waals surface area contributed by atoms with Crippen LogP contribution in [0.1, 0.15) is 12.8 Å². The number of carbonyl (C=O) groups excluding carboxylic acids is 3. The van der Waals surface area contributed by atoms with Crippen molar-refractivity contribution in [2.75, 3.05) is 37.9 Å². The number of fused-ring (bicyclic) bond motifs is 1. The number of aromatic nitrogens is 2. The fraction of sp³-hybridized carbons (Fsp3) is 0.333. The van der Waals surface area contributed by atoms with Gasteiger partial charge in [-0.05, 0) is 30.5 Å². The van der Waals surface area contributed by atoms with Gasteiger partial charge < -0.3 is 25.6 Å². The summed E-state index contributed by atoms with van der Waals surface area (Å²) in [7, 11) is 3.11. The maximum absolute atomic E-state index is 12.8. The molecule has 1 aromatic carbocycles. The minimum Gasteiger partial charge on any atom is -0.453 e. The number of benzene rings is 1. The topological polar surface area (TPSA) is 117 Å². The molecule has 0 unspecified atom stereocenters. The third kappa shape index (κ3) is 4.52. The van der Waals surface area contributed by atoms with E-state index in [1.165, 1.54) is 23.3 Å². The SMILES string of the molecule is CNc1ccc(-c2cn3cc(NC(=O)[C@@H]4CCCN4C(=O)CNC(=O)OC)nc3s2)cc1. The van der Waals surface area contributed by atoms with Crippen molar-refractivity contribution in [3.63, 3.8) is 0 Å². The second kappa shape index (κ2) is 9.27. The summed E-state index contributed by atoms with van der Waals surface area (Å²) in [4.78, 5) is 44.2. The van der Waals surface area contributed by atoms with E-state index in [4.69, 9.17) is 0 Å². The molecule has 1 aliphatic heterocycles. The molecule has 3 aromatic rings. The van der Waals surface area contributed by atoms with Crippen molar-refractivity contribution >= 4 is 45.7 Å². The van der Waals surface area contributed by atoms with E-state index in [0.717, 1.165) is 27.5 Å². The first-order valence-electron chi connectivity index (χ1n) is 10.2. The van der Waals surface area contributed by atoms with Crippen LogP contribution < -0.4 is 16.0 Å². The van der Waals surface area contributed by atoms with E-state index in [9.17, 15) is 14.4 Å². The summed E-state index contributed by atoms with van der Waals surface area (Å²) < 4.78 is 6.35. The lowest BCUT2D eigenvalue weighted by Crippen LogP contribution is -2.47. The Bertz CT molecular complexity index is 1110. The minimum absolute atomic E-state index is 0.214. The van der Waals surface area contributed by atoms with Gasteiger partial charge in [-0.1, -0.05) is 23.5 Å². The molecule has 3 heterocycles. The van der Waals surface area contributed by atoms with Crippen molar-refractivity contribution in [2.45, 2.75) is 18.9 Å². The Morgan fingerprint density at radius 3 is 2.69 bits per heavy atom. The number of anilines is 2. The van der Waals surface area contributed by atoms with E-state index in [0.29, 0.717) is 18.8 Å². The van der Waals surface area contributed by atoms with Gasteiger partial charge in [-0.25, -0.2) is 9.78 Å². The van der Waals surface area contributed by atoms with Gasteiger partial charge in [0.1, 0.15) is 12.6 Å². The second-order valence-corrected chi connectivity index (χ2v) is 8.33. The second-order valence-electron chi connectivity index (χ2n) is 7.32. The molecule has 11 heteroatoms. The molecule has 0 bridgehead atoms. The molecule has 4 rings (SSSR count). The molecule has 1 aliphatic rings. The lowest BCUT2D eigenvalue weighted by Gasteiger charge is -2.23. The van der Waals surface area contributed by atoms with Crippen molar-refractivity contribution in [1.29, 1.82) is 0 Å². The van der Waals surface area contributed by atoms with Gasteiger partial charge in [0.15, 0.2) is 10.8 Å². The molecule has 1 saturated heterocycles. The van der Waals surface area contributed by atoms with Gasteiger partial charge >= 0.3 is 6.09 Å². The van der Waals surface area contributed by atoms with Gasteiger partial charge in [-0.3, -0.25) is 14.0 Å². The monoisotopic (exact) mass is 456 g/mol. The van der Waals surface area contributed by atoms with E-state index in [1.807, 2.05) is 41.9 Å². The highest BCUT2D eigenvalue weighted by molar-refractivity contribution is 7.20. The minimum atomic E-state index is -0.686. The van der Waals surface area contributed by atoms with Crippen LogP contribution in [0.4, 0.5) is 16.3 Å². The average Bonchev–Trinajstić information content (AvgIpc) is 3.52. The zero-order valence-electron chi connectivity index (χ0n) is 17.8. The van der Waals surface area contributed by atoms with Gasteiger partial charge in [0.05, 0.1) is 18.2 Å². The number of carbonyl (C=O) groups is 3. The number of amides is 3. The van der Waals surface area contributed by atoms with Crippen molar-refractivity contribution in [3.8, 4) is 10.4 Å². The highest BCUT2D eigenvalue weighted by Crippen LogP contribution is 2.30. The summed E-state index contributed by atoms with van der Waals surface area (Å²) in [5.41, 5.74) is 2.13. The van der Waals surface area contributed by atoms with Crippen molar-refractivity contribution < 1.29 is 19.1 Å². The summed E-state index contributed by atoms with van der Waals surface area (Å²) in [6.45, 7) is 0.252. The number of hydrogen-bond donors (Lipinski definition) is 3.